The average molecular weight is 488 g/mol. The van der Waals surface area contributed by atoms with Crippen LogP contribution in [0.25, 0.3) is 0 Å². The third kappa shape index (κ3) is 5.02. The first-order chi connectivity index (χ1) is 17.4. The van der Waals surface area contributed by atoms with Crippen molar-refractivity contribution >= 4 is 29.2 Å². The van der Waals surface area contributed by atoms with Gasteiger partial charge < -0.3 is 24.2 Å². The summed E-state index contributed by atoms with van der Waals surface area (Å²) in [6.07, 6.45) is 6.63. The maximum atomic E-state index is 12.9. The molecule has 0 bridgehead atoms. The molecule has 1 amide bonds. The molecule has 186 valence electrons. The van der Waals surface area contributed by atoms with Crippen LogP contribution in [-0.4, -0.2) is 63.1 Å². The minimum Gasteiger partial charge on any atom is -0.465 e. The second kappa shape index (κ2) is 10.9. The number of rotatable bonds is 5. The third-order valence-corrected chi connectivity index (χ3v) is 6.32. The van der Waals surface area contributed by atoms with Crippen molar-refractivity contribution in [1.29, 1.82) is 0 Å². The van der Waals surface area contributed by atoms with Crippen LogP contribution in [0, 0.1) is 6.92 Å². The smallest absolute Gasteiger partial charge is 0.355 e. The highest BCUT2D eigenvalue weighted by molar-refractivity contribution is 6.05. The number of benzene rings is 2. The number of carbonyl (C=O) groups excluding carboxylic acids is 3. The molecule has 0 aromatic heterocycles. The predicted molar refractivity (Wildman–Crippen MR) is 138 cm³/mol. The number of ether oxygens (including phenoxy) is 2. The van der Waals surface area contributed by atoms with E-state index in [9.17, 15) is 14.4 Å². The van der Waals surface area contributed by atoms with Crippen LogP contribution >= 0.6 is 0 Å². The molecule has 8 nitrogen and oxygen atoms in total. The SMILES string of the molecule is COC(=O)C1=C(C(=O)OC)N(c2ccc(N3CCN(C(=O)c4ccccc4C)CC3)cc2)C=CC=C1. The van der Waals surface area contributed by atoms with Crippen LogP contribution in [0.1, 0.15) is 15.9 Å². The van der Waals surface area contributed by atoms with Gasteiger partial charge in [0.25, 0.3) is 5.91 Å². The second-order valence-electron chi connectivity index (χ2n) is 8.43. The second-order valence-corrected chi connectivity index (χ2v) is 8.43. The number of hydrogen-bond acceptors (Lipinski definition) is 7. The first-order valence-corrected chi connectivity index (χ1v) is 11.7. The van der Waals surface area contributed by atoms with Gasteiger partial charge in [0.2, 0.25) is 0 Å². The highest BCUT2D eigenvalue weighted by Gasteiger charge is 2.28. The van der Waals surface area contributed by atoms with E-state index in [1.165, 1.54) is 20.3 Å². The number of anilines is 2. The summed E-state index contributed by atoms with van der Waals surface area (Å²) in [5, 5.41) is 0. The maximum Gasteiger partial charge on any atom is 0.355 e. The van der Waals surface area contributed by atoms with E-state index in [0.29, 0.717) is 31.9 Å². The lowest BCUT2D eigenvalue weighted by molar-refractivity contribution is -0.139. The molecule has 0 radical (unpaired) electrons. The fraction of sp³-hybridized carbons (Fsp3) is 0.250. The Hall–Kier alpha value is -4.33. The Bertz CT molecular complexity index is 1240. The first kappa shape index (κ1) is 24.8. The van der Waals surface area contributed by atoms with Gasteiger partial charge in [0.05, 0.1) is 19.8 Å². The molecule has 36 heavy (non-hydrogen) atoms. The molecule has 4 rings (SSSR count). The van der Waals surface area contributed by atoms with E-state index in [0.717, 1.165) is 16.8 Å². The van der Waals surface area contributed by atoms with Crippen molar-refractivity contribution in [3.8, 4) is 0 Å². The van der Waals surface area contributed by atoms with Gasteiger partial charge in [-0.1, -0.05) is 24.3 Å². The van der Waals surface area contributed by atoms with Crippen molar-refractivity contribution in [3.05, 3.63) is 95.4 Å². The Morgan fingerprint density at radius 1 is 0.778 bits per heavy atom. The molecule has 0 aliphatic carbocycles. The van der Waals surface area contributed by atoms with E-state index < -0.39 is 11.9 Å². The Morgan fingerprint density at radius 2 is 1.42 bits per heavy atom. The van der Waals surface area contributed by atoms with E-state index >= 15 is 0 Å². The van der Waals surface area contributed by atoms with Crippen molar-refractivity contribution in [2.45, 2.75) is 6.92 Å². The van der Waals surface area contributed by atoms with Gasteiger partial charge >= 0.3 is 11.9 Å². The summed E-state index contributed by atoms with van der Waals surface area (Å²) in [4.78, 5) is 43.6. The zero-order valence-corrected chi connectivity index (χ0v) is 20.6. The Labute approximate surface area is 210 Å². The van der Waals surface area contributed by atoms with Crippen molar-refractivity contribution in [3.63, 3.8) is 0 Å². The van der Waals surface area contributed by atoms with E-state index in [2.05, 4.69) is 4.90 Å². The maximum absolute atomic E-state index is 12.9. The van der Waals surface area contributed by atoms with Gasteiger partial charge in [0.15, 0.2) is 0 Å². The summed E-state index contributed by atoms with van der Waals surface area (Å²) >= 11 is 0. The topological polar surface area (TPSA) is 79.4 Å². The molecule has 0 spiro atoms. The Balaban J connectivity index is 1.50. The molecule has 0 unspecified atom stereocenters. The summed E-state index contributed by atoms with van der Waals surface area (Å²) in [6, 6.07) is 15.4. The van der Waals surface area contributed by atoms with Gasteiger partial charge in [-0.05, 0) is 55.0 Å². The molecule has 2 aromatic rings. The molecule has 2 aromatic carbocycles. The minimum atomic E-state index is -0.648. The van der Waals surface area contributed by atoms with Crippen LogP contribution in [0.5, 0.6) is 0 Å². The van der Waals surface area contributed by atoms with Crippen molar-refractivity contribution < 1.29 is 23.9 Å². The number of allylic oxidation sites excluding steroid dienone is 2. The Kier molecular flexibility index (Phi) is 7.53. The zero-order chi connectivity index (χ0) is 25.7. The lowest BCUT2D eigenvalue weighted by atomic mass is 10.1. The quantitative estimate of drug-likeness (QED) is 0.598. The fourth-order valence-corrected chi connectivity index (χ4v) is 4.34. The van der Waals surface area contributed by atoms with E-state index in [1.54, 1.807) is 23.3 Å². The molecule has 2 aliphatic rings. The van der Waals surface area contributed by atoms with Gasteiger partial charge in [-0.15, -0.1) is 0 Å². The summed E-state index contributed by atoms with van der Waals surface area (Å²) in [6.45, 7) is 4.64. The van der Waals surface area contributed by atoms with Crippen LogP contribution < -0.4 is 9.80 Å². The van der Waals surface area contributed by atoms with Crippen molar-refractivity contribution in [1.82, 2.24) is 4.90 Å². The molecule has 2 heterocycles. The lowest BCUT2D eigenvalue weighted by Crippen LogP contribution is -2.48. The molecule has 1 fully saturated rings. The first-order valence-electron chi connectivity index (χ1n) is 11.7. The fourth-order valence-electron chi connectivity index (χ4n) is 4.34. The van der Waals surface area contributed by atoms with Gasteiger partial charge in [-0.25, -0.2) is 9.59 Å². The van der Waals surface area contributed by atoms with Gasteiger partial charge in [0, 0.05) is 49.3 Å². The molecular weight excluding hydrogens is 458 g/mol. The van der Waals surface area contributed by atoms with Crippen LogP contribution in [0.4, 0.5) is 11.4 Å². The van der Waals surface area contributed by atoms with Gasteiger partial charge in [0.1, 0.15) is 5.70 Å². The van der Waals surface area contributed by atoms with Crippen LogP contribution in [-0.2, 0) is 19.1 Å². The molecule has 0 N–H and O–H groups in total. The number of amides is 1. The van der Waals surface area contributed by atoms with Crippen LogP contribution in [0.3, 0.4) is 0 Å². The van der Waals surface area contributed by atoms with Crippen LogP contribution in [0.15, 0.2) is 84.2 Å². The molecule has 2 aliphatic heterocycles. The van der Waals surface area contributed by atoms with Crippen LogP contribution in [0.2, 0.25) is 0 Å². The summed E-state index contributed by atoms with van der Waals surface area (Å²) in [5.41, 5.74) is 3.60. The van der Waals surface area contributed by atoms with Crippen molar-refractivity contribution in [2.24, 2.45) is 0 Å². The van der Waals surface area contributed by atoms with Gasteiger partial charge in [-0.3, -0.25) is 4.79 Å². The molecule has 0 atom stereocenters. The predicted octanol–water partition coefficient (Wildman–Crippen LogP) is 3.45. The molecule has 8 heteroatoms. The number of esters is 2. The summed E-state index contributed by atoms with van der Waals surface area (Å²) in [5.74, 6) is -1.21. The van der Waals surface area contributed by atoms with E-state index in [-0.39, 0.29) is 17.2 Å². The summed E-state index contributed by atoms with van der Waals surface area (Å²) < 4.78 is 9.82. The number of carbonyl (C=O) groups is 3. The van der Waals surface area contributed by atoms with E-state index in [1.807, 2.05) is 60.4 Å². The summed E-state index contributed by atoms with van der Waals surface area (Å²) in [7, 11) is 2.54. The number of piperazine rings is 1. The number of aryl methyl sites for hydroxylation is 1. The highest BCUT2D eigenvalue weighted by atomic mass is 16.5. The number of methoxy groups -OCH3 is 2. The zero-order valence-electron chi connectivity index (χ0n) is 20.6. The highest BCUT2D eigenvalue weighted by Crippen LogP contribution is 2.29. The third-order valence-electron chi connectivity index (χ3n) is 6.32. The monoisotopic (exact) mass is 487 g/mol. The largest absolute Gasteiger partial charge is 0.465 e. The minimum absolute atomic E-state index is 0.0631. The number of hydrogen-bond donors (Lipinski definition) is 0. The molecule has 0 saturated carbocycles. The van der Waals surface area contributed by atoms with Crippen molar-refractivity contribution in [2.75, 3.05) is 50.2 Å². The number of nitrogens with zero attached hydrogens (tertiary/aromatic N) is 3. The van der Waals surface area contributed by atoms with E-state index in [4.69, 9.17) is 9.47 Å². The standard InChI is InChI=1S/C28H29N3O5/c1-20-8-4-5-9-23(20)26(32)30-18-16-29(17-19-30)21-11-13-22(14-12-21)31-15-7-6-10-24(27(33)35-2)25(31)28(34)36-3/h4-15H,16-19H2,1-3H3. The molecular formula is C28H29N3O5. The lowest BCUT2D eigenvalue weighted by Gasteiger charge is -2.36. The Morgan fingerprint density at radius 3 is 2.06 bits per heavy atom. The normalized spacial score (nSPS) is 15.6. The average Bonchev–Trinajstić information content (AvgIpc) is 3.15. The van der Waals surface area contributed by atoms with Gasteiger partial charge in [-0.2, -0.15) is 0 Å². The molecule has 1 saturated heterocycles.